The number of carbonyl (C=O) groups excluding carboxylic acids is 3. The number of amides is 4. The van der Waals surface area contributed by atoms with E-state index in [4.69, 9.17) is 22.9 Å². The molecule has 0 aliphatic heterocycles. The minimum Gasteiger partial charge on any atom is -0.366 e. The molecular weight excluding hydrogens is 707 g/mol. The van der Waals surface area contributed by atoms with Crippen LogP contribution in [0.1, 0.15) is 20.7 Å². The predicted molar refractivity (Wildman–Crippen MR) is 133 cm³/mol. The van der Waals surface area contributed by atoms with E-state index < -0.39 is 11.9 Å². The molecule has 10 nitrogen and oxygen atoms in total. The average Bonchev–Trinajstić information content (AvgIpc) is 2.62. The summed E-state index contributed by atoms with van der Waals surface area (Å²) in [7, 11) is 0. The number of nitrogens with two attached hydrogens (primary N) is 4. The van der Waals surface area contributed by atoms with Gasteiger partial charge in [-0.1, -0.05) is 0 Å². The van der Waals surface area contributed by atoms with Crippen LogP contribution in [0.4, 0.5) is 10.5 Å². The summed E-state index contributed by atoms with van der Waals surface area (Å²) in [5.74, 6) is -1.04. The minimum absolute atomic E-state index is 0.166. The van der Waals surface area contributed by atoms with Gasteiger partial charge in [-0.3, -0.25) is 9.59 Å². The van der Waals surface area contributed by atoms with Crippen molar-refractivity contribution in [1.29, 1.82) is 0 Å². The first-order valence-electron chi connectivity index (χ1n) is 8.15. The first kappa shape index (κ1) is 25.5. The molecule has 0 radical (unpaired) electrons. The Morgan fingerprint density at radius 3 is 1.86 bits per heavy atom. The van der Waals surface area contributed by atoms with Gasteiger partial charge in [0.05, 0.1) is 24.0 Å². The van der Waals surface area contributed by atoms with Crippen LogP contribution in [0.15, 0.2) is 0 Å². The Kier molecular flexibility index (Phi) is 11.2. The van der Waals surface area contributed by atoms with Gasteiger partial charge < -0.3 is 38.5 Å². The van der Waals surface area contributed by atoms with E-state index in [-0.39, 0.29) is 43.2 Å². The minimum atomic E-state index is -0.700. The molecular formula is C15H22I3N7O3. The van der Waals surface area contributed by atoms with Gasteiger partial charge in [0.15, 0.2) is 0 Å². The van der Waals surface area contributed by atoms with E-state index in [0.29, 0.717) is 29.5 Å². The van der Waals surface area contributed by atoms with E-state index in [9.17, 15) is 14.4 Å². The summed E-state index contributed by atoms with van der Waals surface area (Å²) in [6.07, 6.45) is 0. The molecule has 0 bridgehead atoms. The average molecular weight is 729 g/mol. The van der Waals surface area contributed by atoms with E-state index in [0.717, 1.165) is 0 Å². The second-order valence-electron chi connectivity index (χ2n) is 5.47. The maximum absolute atomic E-state index is 13.2. The fourth-order valence-electron chi connectivity index (χ4n) is 2.31. The Bertz CT molecular complexity index is 755. The topological polar surface area (TPSA) is 183 Å². The second-order valence-corrected chi connectivity index (χ2v) is 8.71. The lowest BCUT2D eigenvalue weighted by Gasteiger charge is -2.25. The third-order valence-electron chi connectivity index (χ3n) is 3.53. The van der Waals surface area contributed by atoms with Gasteiger partial charge in [-0.15, -0.1) is 0 Å². The molecule has 156 valence electrons. The molecule has 0 heterocycles. The third kappa shape index (κ3) is 6.25. The Morgan fingerprint density at radius 2 is 1.39 bits per heavy atom. The van der Waals surface area contributed by atoms with Crippen molar-refractivity contribution in [2.24, 2.45) is 22.9 Å². The van der Waals surface area contributed by atoms with E-state index in [1.807, 2.05) is 67.8 Å². The first-order chi connectivity index (χ1) is 13.2. The molecule has 0 aliphatic rings. The highest BCUT2D eigenvalue weighted by Crippen LogP contribution is 2.36. The zero-order chi connectivity index (χ0) is 21.4. The summed E-state index contributed by atoms with van der Waals surface area (Å²) >= 11 is 5.82. The lowest BCUT2D eigenvalue weighted by Crippen LogP contribution is -2.40. The lowest BCUT2D eigenvalue weighted by atomic mass is 10.1. The smallest absolute Gasteiger partial charge is 0.319 e. The summed E-state index contributed by atoms with van der Waals surface area (Å²) in [6.45, 7) is 1.69. The molecule has 0 fully saturated rings. The number of urea groups is 1. The summed E-state index contributed by atoms with van der Waals surface area (Å²) in [6, 6.07) is -0.503. The standard InChI is InChI=1S/C15H22I3N7O3/c16-9-7(13(22)26)10(17)12(24-15(28)23-4-1-19)11(18)8(9)14(27)25(5-2-20)6-3-21/h1-6,19-21H2,(H2,22,26)(H2,23,24,28). The highest BCUT2D eigenvalue weighted by atomic mass is 127. The van der Waals surface area contributed by atoms with Crippen molar-refractivity contribution in [3.63, 3.8) is 0 Å². The van der Waals surface area contributed by atoms with Gasteiger partial charge in [-0.05, 0) is 67.8 Å². The highest BCUT2D eigenvalue weighted by molar-refractivity contribution is 14.1. The van der Waals surface area contributed by atoms with Crippen LogP contribution in [0, 0.1) is 10.7 Å². The first-order valence-corrected chi connectivity index (χ1v) is 11.4. The van der Waals surface area contributed by atoms with E-state index in [1.54, 1.807) is 0 Å². The number of hydrogen-bond donors (Lipinski definition) is 6. The van der Waals surface area contributed by atoms with Crippen LogP contribution in [0.2, 0.25) is 0 Å². The van der Waals surface area contributed by atoms with Crippen molar-refractivity contribution >= 4 is 91.3 Å². The second kappa shape index (κ2) is 12.3. The molecule has 0 spiro atoms. The van der Waals surface area contributed by atoms with Crippen LogP contribution >= 0.6 is 67.8 Å². The fourth-order valence-corrected chi connectivity index (χ4v) is 6.73. The number of carbonyl (C=O) groups is 3. The summed E-state index contributed by atoms with van der Waals surface area (Å²) in [5.41, 5.74) is 22.9. The fraction of sp³-hybridized carbons (Fsp3) is 0.400. The normalized spacial score (nSPS) is 10.5. The van der Waals surface area contributed by atoms with E-state index in [1.165, 1.54) is 4.90 Å². The molecule has 0 unspecified atom stereocenters. The molecule has 28 heavy (non-hydrogen) atoms. The van der Waals surface area contributed by atoms with Crippen LogP contribution in [0.5, 0.6) is 0 Å². The number of rotatable bonds is 9. The molecule has 0 aromatic heterocycles. The summed E-state index contributed by atoms with van der Waals surface area (Å²) < 4.78 is 1.35. The molecule has 1 rings (SSSR count). The number of primary amides is 1. The molecule has 0 atom stereocenters. The van der Waals surface area contributed by atoms with Gasteiger partial charge in [0.25, 0.3) is 11.8 Å². The third-order valence-corrected chi connectivity index (χ3v) is 6.77. The van der Waals surface area contributed by atoms with Crippen LogP contribution in [-0.4, -0.2) is 62.0 Å². The monoisotopic (exact) mass is 729 g/mol. The SMILES string of the molecule is NCCNC(=O)Nc1c(I)c(C(N)=O)c(I)c(C(=O)N(CCN)CCN)c1I. The van der Waals surface area contributed by atoms with Crippen molar-refractivity contribution in [3.8, 4) is 0 Å². The molecule has 1 aromatic rings. The van der Waals surface area contributed by atoms with Gasteiger partial charge in [0.1, 0.15) is 0 Å². The van der Waals surface area contributed by atoms with E-state index >= 15 is 0 Å². The predicted octanol–water partition coefficient (Wildman–Crippen LogP) is 0.0391. The lowest BCUT2D eigenvalue weighted by molar-refractivity contribution is 0.0763. The number of nitrogens with zero attached hydrogens (tertiary/aromatic N) is 1. The molecule has 4 amide bonds. The van der Waals surface area contributed by atoms with Gasteiger partial charge in [-0.2, -0.15) is 0 Å². The molecule has 1 aromatic carbocycles. The van der Waals surface area contributed by atoms with Crippen LogP contribution in [-0.2, 0) is 0 Å². The van der Waals surface area contributed by atoms with Gasteiger partial charge >= 0.3 is 6.03 Å². The number of nitrogens with one attached hydrogen (secondary N) is 2. The molecule has 0 aliphatic carbocycles. The Balaban J connectivity index is 3.57. The molecule has 0 saturated heterocycles. The van der Waals surface area contributed by atoms with Crippen molar-refractivity contribution in [2.75, 3.05) is 44.6 Å². The van der Waals surface area contributed by atoms with E-state index in [2.05, 4.69) is 10.6 Å². The number of anilines is 1. The van der Waals surface area contributed by atoms with Gasteiger partial charge in [-0.25, -0.2) is 4.79 Å². The van der Waals surface area contributed by atoms with Gasteiger partial charge in [0.2, 0.25) is 0 Å². The van der Waals surface area contributed by atoms with Crippen molar-refractivity contribution < 1.29 is 14.4 Å². The largest absolute Gasteiger partial charge is 0.366 e. The number of benzene rings is 1. The Labute approximate surface area is 203 Å². The zero-order valence-corrected chi connectivity index (χ0v) is 21.3. The molecule has 10 N–H and O–H groups in total. The highest BCUT2D eigenvalue weighted by Gasteiger charge is 2.29. The van der Waals surface area contributed by atoms with Crippen LogP contribution in [0.25, 0.3) is 0 Å². The maximum atomic E-state index is 13.2. The number of hydrogen-bond acceptors (Lipinski definition) is 6. The quantitative estimate of drug-likeness (QED) is 0.195. The molecule has 13 heteroatoms. The van der Waals surface area contributed by atoms with Gasteiger partial charge in [0, 0.05) is 42.8 Å². The Morgan fingerprint density at radius 1 is 0.857 bits per heavy atom. The van der Waals surface area contributed by atoms with Crippen LogP contribution in [0.3, 0.4) is 0 Å². The van der Waals surface area contributed by atoms with Crippen molar-refractivity contribution in [2.45, 2.75) is 0 Å². The Hall–Kier alpha value is -0.500. The maximum Gasteiger partial charge on any atom is 0.319 e. The summed E-state index contributed by atoms with van der Waals surface area (Å²) in [4.78, 5) is 38.9. The molecule has 0 saturated carbocycles. The summed E-state index contributed by atoms with van der Waals surface area (Å²) in [5, 5.41) is 5.26. The van der Waals surface area contributed by atoms with Crippen LogP contribution < -0.4 is 33.6 Å². The zero-order valence-electron chi connectivity index (χ0n) is 14.9. The van der Waals surface area contributed by atoms with Crippen molar-refractivity contribution in [3.05, 3.63) is 21.8 Å². The van der Waals surface area contributed by atoms with Crippen molar-refractivity contribution in [1.82, 2.24) is 10.2 Å². The number of halogens is 3.